The van der Waals surface area contributed by atoms with Crippen molar-refractivity contribution < 1.29 is 8.78 Å². The van der Waals surface area contributed by atoms with Gasteiger partial charge in [0, 0.05) is 23.2 Å². The highest BCUT2D eigenvalue weighted by molar-refractivity contribution is 7.09. The smallest absolute Gasteiger partial charge is 0.130 e. The predicted octanol–water partition coefficient (Wildman–Crippen LogP) is 4.22. The summed E-state index contributed by atoms with van der Waals surface area (Å²) in [6, 6.07) is 3.53. The Morgan fingerprint density at radius 1 is 1.32 bits per heavy atom. The number of benzene rings is 1. The van der Waals surface area contributed by atoms with Crippen LogP contribution in [0.2, 0.25) is 0 Å². The maximum Gasteiger partial charge on any atom is 0.130 e. The number of halogens is 2. The molecule has 2 atom stereocenters. The van der Waals surface area contributed by atoms with Gasteiger partial charge in [-0.1, -0.05) is 13.0 Å². The largest absolute Gasteiger partial charge is 0.301 e. The molecule has 0 bridgehead atoms. The molecule has 0 aliphatic heterocycles. The molecular formula is C14H16F2N2S. The normalized spacial score (nSPS) is 14.3. The lowest BCUT2D eigenvalue weighted by molar-refractivity contribution is 0.425. The molecule has 2 nitrogen and oxygen atoms in total. The molecule has 1 heterocycles. The topological polar surface area (TPSA) is 24.9 Å². The van der Waals surface area contributed by atoms with Gasteiger partial charge in [0.1, 0.15) is 16.6 Å². The van der Waals surface area contributed by atoms with Crippen LogP contribution in [-0.4, -0.2) is 4.98 Å². The molecule has 2 aromatic rings. The Kier molecular flexibility index (Phi) is 4.61. The monoisotopic (exact) mass is 282 g/mol. The zero-order valence-electron chi connectivity index (χ0n) is 10.9. The van der Waals surface area contributed by atoms with Crippen LogP contribution in [-0.2, 0) is 0 Å². The second-order valence-corrected chi connectivity index (χ2v) is 5.28. The predicted molar refractivity (Wildman–Crippen MR) is 73.1 cm³/mol. The van der Waals surface area contributed by atoms with Crippen LogP contribution in [0.15, 0.2) is 29.8 Å². The Labute approximate surface area is 115 Å². The van der Waals surface area contributed by atoms with E-state index in [1.807, 2.05) is 12.3 Å². The van der Waals surface area contributed by atoms with Crippen LogP contribution in [0.4, 0.5) is 8.78 Å². The average molecular weight is 282 g/mol. The van der Waals surface area contributed by atoms with Crippen molar-refractivity contribution in [3.63, 3.8) is 0 Å². The first-order chi connectivity index (χ1) is 9.13. The molecule has 19 heavy (non-hydrogen) atoms. The molecule has 0 fully saturated rings. The van der Waals surface area contributed by atoms with Crippen molar-refractivity contribution in [2.45, 2.75) is 32.4 Å². The summed E-state index contributed by atoms with van der Waals surface area (Å²) in [4.78, 5) is 4.25. The van der Waals surface area contributed by atoms with Gasteiger partial charge in [0.15, 0.2) is 0 Å². The molecule has 0 aliphatic rings. The first kappa shape index (κ1) is 14.1. The molecule has 0 amide bonds. The van der Waals surface area contributed by atoms with Crippen molar-refractivity contribution in [1.29, 1.82) is 0 Å². The van der Waals surface area contributed by atoms with Crippen molar-refractivity contribution >= 4 is 11.3 Å². The van der Waals surface area contributed by atoms with E-state index in [9.17, 15) is 8.78 Å². The highest BCUT2D eigenvalue weighted by atomic mass is 32.1. The van der Waals surface area contributed by atoms with Crippen molar-refractivity contribution in [3.8, 4) is 0 Å². The minimum absolute atomic E-state index is 0.00834. The highest BCUT2D eigenvalue weighted by Gasteiger charge is 2.20. The molecule has 1 aromatic carbocycles. The number of hydrogen-bond donors (Lipinski definition) is 1. The molecule has 0 saturated carbocycles. The van der Waals surface area contributed by atoms with E-state index in [0.29, 0.717) is 0 Å². The van der Waals surface area contributed by atoms with Crippen LogP contribution in [0.5, 0.6) is 0 Å². The van der Waals surface area contributed by atoms with Crippen LogP contribution in [0.3, 0.4) is 0 Å². The lowest BCUT2D eigenvalue weighted by atomic mass is 10.1. The molecule has 0 aliphatic carbocycles. The molecule has 0 saturated heterocycles. The van der Waals surface area contributed by atoms with Crippen molar-refractivity contribution in [2.75, 3.05) is 0 Å². The summed E-state index contributed by atoms with van der Waals surface area (Å²) in [5.74, 6) is -1.04. The molecule has 102 valence electrons. The zero-order valence-corrected chi connectivity index (χ0v) is 11.7. The van der Waals surface area contributed by atoms with Gasteiger partial charge in [0.05, 0.1) is 6.04 Å². The van der Waals surface area contributed by atoms with E-state index in [1.165, 1.54) is 18.2 Å². The number of rotatable bonds is 5. The second kappa shape index (κ2) is 6.21. The molecule has 5 heteroatoms. The Morgan fingerprint density at radius 3 is 2.53 bits per heavy atom. The summed E-state index contributed by atoms with van der Waals surface area (Å²) in [6.45, 7) is 3.78. The van der Waals surface area contributed by atoms with E-state index >= 15 is 0 Å². The minimum atomic E-state index is -0.519. The summed E-state index contributed by atoms with van der Waals surface area (Å²) in [7, 11) is 0. The van der Waals surface area contributed by atoms with Crippen LogP contribution in [0.1, 0.15) is 42.9 Å². The minimum Gasteiger partial charge on any atom is -0.301 e. The van der Waals surface area contributed by atoms with Gasteiger partial charge in [-0.15, -0.1) is 11.3 Å². The van der Waals surface area contributed by atoms with E-state index in [0.717, 1.165) is 11.4 Å². The molecule has 1 N–H and O–H groups in total. The molecule has 0 spiro atoms. The van der Waals surface area contributed by atoms with Gasteiger partial charge < -0.3 is 5.32 Å². The van der Waals surface area contributed by atoms with Crippen LogP contribution in [0.25, 0.3) is 0 Å². The van der Waals surface area contributed by atoms with Crippen molar-refractivity contribution in [2.24, 2.45) is 0 Å². The van der Waals surface area contributed by atoms with Crippen LogP contribution >= 0.6 is 11.3 Å². The number of thiazole rings is 1. The van der Waals surface area contributed by atoms with E-state index in [2.05, 4.69) is 10.3 Å². The van der Waals surface area contributed by atoms with E-state index in [1.54, 1.807) is 24.5 Å². The summed E-state index contributed by atoms with van der Waals surface area (Å²) in [6.07, 6.45) is 2.55. The number of nitrogens with one attached hydrogen (secondary N) is 1. The molecule has 2 rings (SSSR count). The molecule has 2 unspecified atom stereocenters. The Morgan fingerprint density at radius 2 is 2.00 bits per heavy atom. The Bertz CT molecular complexity index is 508. The van der Waals surface area contributed by atoms with Crippen LogP contribution in [0, 0.1) is 11.6 Å². The quantitative estimate of drug-likeness (QED) is 0.888. The van der Waals surface area contributed by atoms with E-state index in [4.69, 9.17) is 0 Å². The first-order valence-corrected chi connectivity index (χ1v) is 7.10. The van der Waals surface area contributed by atoms with Gasteiger partial charge in [-0.2, -0.15) is 0 Å². The Hall–Kier alpha value is -1.33. The van der Waals surface area contributed by atoms with Crippen molar-refractivity contribution in [1.82, 2.24) is 10.3 Å². The fourth-order valence-corrected chi connectivity index (χ4v) is 2.86. The third-order valence-electron chi connectivity index (χ3n) is 3.04. The van der Waals surface area contributed by atoms with Gasteiger partial charge in [-0.25, -0.2) is 13.8 Å². The van der Waals surface area contributed by atoms with E-state index in [-0.39, 0.29) is 11.6 Å². The van der Waals surface area contributed by atoms with Gasteiger partial charge in [0.25, 0.3) is 0 Å². The summed E-state index contributed by atoms with van der Waals surface area (Å²) >= 11 is 1.54. The summed E-state index contributed by atoms with van der Waals surface area (Å²) < 4.78 is 27.4. The van der Waals surface area contributed by atoms with Gasteiger partial charge in [0.2, 0.25) is 0 Å². The molecule has 0 radical (unpaired) electrons. The number of hydrogen-bond acceptors (Lipinski definition) is 3. The third kappa shape index (κ3) is 3.16. The second-order valence-electron chi connectivity index (χ2n) is 4.35. The SMILES string of the molecule is CCC(NC(C)c1c(F)cccc1F)c1nccs1. The van der Waals surface area contributed by atoms with Gasteiger partial charge in [-0.3, -0.25) is 0 Å². The summed E-state index contributed by atoms with van der Waals surface area (Å²) in [5, 5.41) is 6.07. The molecule has 1 aromatic heterocycles. The van der Waals surface area contributed by atoms with Gasteiger partial charge >= 0.3 is 0 Å². The average Bonchev–Trinajstić information content (AvgIpc) is 2.89. The molecular weight excluding hydrogens is 266 g/mol. The highest BCUT2D eigenvalue weighted by Crippen LogP contribution is 2.26. The maximum absolute atomic E-state index is 13.7. The standard InChI is InChI=1S/C14H16F2N2S/c1-3-12(14-17-7-8-19-14)18-9(2)13-10(15)5-4-6-11(13)16/h4-9,12,18H,3H2,1-2H3. The fourth-order valence-electron chi connectivity index (χ4n) is 2.08. The van der Waals surface area contributed by atoms with Crippen molar-refractivity contribution in [3.05, 3.63) is 52.0 Å². The Balaban J connectivity index is 2.18. The summed E-state index contributed by atoms with van der Waals surface area (Å²) in [5.41, 5.74) is 0.0810. The third-order valence-corrected chi connectivity index (χ3v) is 3.93. The van der Waals surface area contributed by atoms with Crippen LogP contribution < -0.4 is 5.32 Å². The lowest BCUT2D eigenvalue weighted by Crippen LogP contribution is -2.25. The number of aromatic nitrogens is 1. The first-order valence-electron chi connectivity index (χ1n) is 6.22. The maximum atomic E-state index is 13.7. The zero-order chi connectivity index (χ0) is 13.8. The number of nitrogens with zero attached hydrogens (tertiary/aromatic N) is 1. The lowest BCUT2D eigenvalue weighted by Gasteiger charge is -2.21. The van der Waals surface area contributed by atoms with Gasteiger partial charge in [-0.05, 0) is 25.5 Å². The van der Waals surface area contributed by atoms with E-state index < -0.39 is 17.7 Å². The fraction of sp³-hybridized carbons (Fsp3) is 0.357.